The highest BCUT2D eigenvalue weighted by Crippen LogP contribution is 2.22. The maximum Gasteiger partial charge on any atom is 0.263 e. The molecule has 1 saturated heterocycles. The summed E-state index contributed by atoms with van der Waals surface area (Å²) < 4.78 is 1.84. The summed E-state index contributed by atoms with van der Waals surface area (Å²) in [5, 5.41) is 12.1. The minimum absolute atomic E-state index is 0.0430. The molecule has 1 atom stereocenters. The number of amides is 1. The van der Waals surface area contributed by atoms with Gasteiger partial charge in [-0.3, -0.25) is 9.20 Å². The van der Waals surface area contributed by atoms with Crippen molar-refractivity contribution < 1.29 is 4.79 Å². The van der Waals surface area contributed by atoms with Gasteiger partial charge in [-0.2, -0.15) is 0 Å². The van der Waals surface area contributed by atoms with Crippen LogP contribution in [0.15, 0.2) is 18.7 Å². The maximum absolute atomic E-state index is 12.4. The molecule has 24 heavy (non-hydrogen) atoms. The van der Waals surface area contributed by atoms with Crippen LogP contribution in [0.2, 0.25) is 0 Å². The van der Waals surface area contributed by atoms with Gasteiger partial charge in [0.25, 0.3) is 5.91 Å². The molecule has 124 valence electrons. The van der Waals surface area contributed by atoms with Gasteiger partial charge in [0.05, 0.1) is 10.7 Å². The maximum atomic E-state index is 12.4. The number of carbonyl (C=O) groups is 1. The van der Waals surface area contributed by atoms with Crippen molar-refractivity contribution in [3.05, 3.63) is 34.3 Å². The van der Waals surface area contributed by atoms with Gasteiger partial charge >= 0.3 is 0 Å². The number of carbonyl (C=O) groups excluding carboxylic acids is 1. The van der Waals surface area contributed by atoms with E-state index in [9.17, 15) is 4.79 Å². The first-order valence-corrected chi connectivity index (χ1v) is 8.57. The monoisotopic (exact) mass is 343 g/mol. The Labute approximate surface area is 142 Å². The van der Waals surface area contributed by atoms with E-state index in [1.807, 2.05) is 24.4 Å². The van der Waals surface area contributed by atoms with Crippen LogP contribution in [0.4, 0.5) is 5.82 Å². The average Bonchev–Trinajstić information content (AvgIpc) is 3.26. The second-order valence-corrected chi connectivity index (χ2v) is 7.07. The zero-order valence-corrected chi connectivity index (χ0v) is 14.2. The number of nitrogens with one attached hydrogen (secondary N) is 1. The zero-order chi connectivity index (χ0) is 16.7. The Morgan fingerprint density at radius 2 is 2.29 bits per heavy atom. The Morgan fingerprint density at radius 3 is 3.08 bits per heavy atom. The summed E-state index contributed by atoms with van der Waals surface area (Å²) in [5.74, 6) is 0.759. The molecule has 1 fully saturated rings. The highest BCUT2D eigenvalue weighted by atomic mass is 32.1. The Balaban J connectivity index is 1.48. The van der Waals surface area contributed by atoms with Crippen LogP contribution in [0.25, 0.3) is 5.65 Å². The Kier molecular flexibility index (Phi) is 3.64. The lowest BCUT2D eigenvalue weighted by Gasteiger charge is -2.18. The molecule has 1 aliphatic rings. The number of nitrogens with zero attached hydrogens (tertiary/aromatic N) is 6. The third-order valence-electron chi connectivity index (χ3n) is 4.13. The summed E-state index contributed by atoms with van der Waals surface area (Å²) in [7, 11) is 0. The van der Waals surface area contributed by atoms with Crippen LogP contribution in [-0.2, 0) is 0 Å². The van der Waals surface area contributed by atoms with E-state index < -0.39 is 0 Å². The molecular formula is C15H17N7OS. The molecule has 1 aliphatic heterocycles. The molecule has 9 heteroatoms. The highest BCUT2D eigenvalue weighted by Gasteiger charge is 2.27. The van der Waals surface area contributed by atoms with Gasteiger partial charge < -0.3 is 10.2 Å². The molecule has 0 radical (unpaired) electrons. The zero-order valence-electron chi connectivity index (χ0n) is 13.4. The van der Waals surface area contributed by atoms with Gasteiger partial charge in [0, 0.05) is 31.5 Å². The summed E-state index contributed by atoms with van der Waals surface area (Å²) in [6.07, 6.45) is 6.09. The third-order valence-corrected chi connectivity index (χ3v) is 5.20. The second-order valence-electron chi connectivity index (χ2n) is 5.87. The molecule has 0 bridgehead atoms. The van der Waals surface area contributed by atoms with Gasteiger partial charge in [-0.05, 0) is 20.3 Å². The SMILES string of the molecule is Cc1nc(C)c(C(=O)N[C@@H]2CCN(c3nccn4cnnc34)C2)s1. The van der Waals surface area contributed by atoms with Crippen LogP contribution in [0, 0.1) is 13.8 Å². The topological polar surface area (TPSA) is 88.3 Å². The van der Waals surface area contributed by atoms with E-state index in [1.54, 1.807) is 12.5 Å². The fourth-order valence-electron chi connectivity index (χ4n) is 3.03. The number of anilines is 1. The molecule has 0 saturated carbocycles. The number of hydrogen-bond donors (Lipinski definition) is 1. The number of rotatable bonds is 3. The first-order valence-electron chi connectivity index (χ1n) is 7.76. The second kappa shape index (κ2) is 5.82. The molecular weight excluding hydrogens is 326 g/mol. The lowest BCUT2D eigenvalue weighted by Crippen LogP contribution is -2.37. The molecule has 3 aromatic heterocycles. The number of hydrogen-bond acceptors (Lipinski definition) is 7. The van der Waals surface area contributed by atoms with Crippen molar-refractivity contribution in [2.75, 3.05) is 18.0 Å². The molecule has 0 aliphatic carbocycles. The van der Waals surface area contributed by atoms with Crippen LogP contribution >= 0.6 is 11.3 Å². The van der Waals surface area contributed by atoms with Crippen molar-refractivity contribution in [3.63, 3.8) is 0 Å². The van der Waals surface area contributed by atoms with Crippen molar-refractivity contribution >= 4 is 28.7 Å². The van der Waals surface area contributed by atoms with Crippen LogP contribution in [0.3, 0.4) is 0 Å². The van der Waals surface area contributed by atoms with E-state index in [2.05, 4.69) is 30.4 Å². The lowest BCUT2D eigenvalue weighted by atomic mass is 10.2. The number of thiazole rings is 1. The predicted molar refractivity (Wildman–Crippen MR) is 90.5 cm³/mol. The first-order chi connectivity index (χ1) is 11.6. The summed E-state index contributed by atoms with van der Waals surface area (Å²) in [6.45, 7) is 5.32. The van der Waals surface area contributed by atoms with E-state index in [4.69, 9.17) is 0 Å². The van der Waals surface area contributed by atoms with Crippen molar-refractivity contribution in [3.8, 4) is 0 Å². The highest BCUT2D eigenvalue weighted by molar-refractivity contribution is 7.13. The fraction of sp³-hybridized carbons (Fsp3) is 0.400. The van der Waals surface area contributed by atoms with Gasteiger partial charge in [-0.25, -0.2) is 9.97 Å². The van der Waals surface area contributed by atoms with Crippen LogP contribution in [-0.4, -0.2) is 49.6 Å². The molecule has 4 rings (SSSR count). The largest absolute Gasteiger partial charge is 0.351 e. The lowest BCUT2D eigenvalue weighted by molar-refractivity contribution is 0.0943. The number of aryl methyl sites for hydroxylation is 2. The summed E-state index contributed by atoms with van der Waals surface area (Å²) >= 11 is 1.44. The molecule has 3 aromatic rings. The Morgan fingerprint density at radius 1 is 1.42 bits per heavy atom. The van der Waals surface area contributed by atoms with Gasteiger partial charge in [-0.1, -0.05) is 0 Å². The first kappa shape index (κ1) is 15.0. The van der Waals surface area contributed by atoms with E-state index >= 15 is 0 Å². The molecule has 1 N–H and O–H groups in total. The molecule has 0 spiro atoms. The average molecular weight is 343 g/mol. The fourth-order valence-corrected chi connectivity index (χ4v) is 3.85. The van der Waals surface area contributed by atoms with E-state index in [0.29, 0.717) is 11.4 Å². The van der Waals surface area contributed by atoms with Gasteiger partial charge in [0.15, 0.2) is 5.82 Å². The smallest absolute Gasteiger partial charge is 0.263 e. The predicted octanol–water partition coefficient (Wildman–Crippen LogP) is 1.21. The van der Waals surface area contributed by atoms with E-state index in [-0.39, 0.29) is 11.9 Å². The van der Waals surface area contributed by atoms with Gasteiger partial charge in [-0.15, -0.1) is 21.5 Å². The van der Waals surface area contributed by atoms with Gasteiger partial charge in [0.2, 0.25) is 5.65 Å². The standard InChI is InChI=1S/C15H17N7OS/c1-9-12(24-10(2)18-9)15(23)19-11-3-5-21(7-11)13-14-20-17-8-22(14)6-4-16-13/h4,6,8,11H,3,5,7H2,1-2H3,(H,19,23)/t11-/m1/s1. The van der Waals surface area contributed by atoms with Crippen molar-refractivity contribution in [1.29, 1.82) is 0 Å². The van der Waals surface area contributed by atoms with Crippen molar-refractivity contribution in [2.24, 2.45) is 0 Å². The van der Waals surface area contributed by atoms with Crippen molar-refractivity contribution in [1.82, 2.24) is 29.9 Å². The van der Waals surface area contributed by atoms with E-state index in [1.165, 1.54) is 11.3 Å². The van der Waals surface area contributed by atoms with Gasteiger partial charge in [0.1, 0.15) is 11.2 Å². The molecule has 4 heterocycles. The summed E-state index contributed by atoms with van der Waals surface area (Å²) in [6, 6.07) is 0.0873. The third kappa shape index (κ3) is 2.60. The Hall–Kier alpha value is -2.55. The normalized spacial score (nSPS) is 17.6. The minimum atomic E-state index is -0.0430. The van der Waals surface area contributed by atoms with Crippen LogP contribution in [0.1, 0.15) is 26.8 Å². The summed E-state index contributed by atoms with van der Waals surface area (Å²) in [5.41, 5.74) is 1.53. The molecule has 0 aromatic carbocycles. The van der Waals surface area contributed by atoms with E-state index in [0.717, 1.165) is 35.1 Å². The molecule has 1 amide bonds. The van der Waals surface area contributed by atoms with Crippen molar-refractivity contribution in [2.45, 2.75) is 26.3 Å². The Bertz CT molecular complexity index is 902. The quantitative estimate of drug-likeness (QED) is 0.769. The van der Waals surface area contributed by atoms with Crippen LogP contribution in [0.5, 0.6) is 0 Å². The number of fused-ring (bicyclic) bond motifs is 1. The minimum Gasteiger partial charge on any atom is -0.351 e. The summed E-state index contributed by atoms with van der Waals surface area (Å²) in [4.78, 5) is 24.0. The molecule has 8 nitrogen and oxygen atoms in total. The van der Waals surface area contributed by atoms with Crippen LogP contribution < -0.4 is 10.2 Å². The molecule has 0 unspecified atom stereocenters. The number of aromatic nitrogens is 5.